The van der Waals surface area contributed by atoms with Crippen LogP contribution in [-0.2, 0) is 0 Å². The first kappa shape index (κ1) is 17.0. The largest absolute Gasteiger partial charge is 0.435 e. The molecule has 30 heavy (non-hydrogen) atoms. The molecule has 0 amide bonds. The summed E-state index contributed by atoms with van der Waals surface area (Å²) in [7, 11) is 0. The van der Waals surface area contributed by atoms with Gasteiger partial charge in [0.2, 0.25) is 5.71 Å². The molecule has 4 heterocycles. The fourth-order valence-corrected chi connectivity index (χ4v) is 4.15. The monoisotopic (exact) mass is 391 g/mol. The van der Waals surface area contributed by atoms with Crippen LogP contribution in [0.2, 0.25) is 0 Å². The van der Waals surface area contributed by atoms with Gasteiger partial charge in [0.05, 0.1) is 11.4 Å². The van der Waals surface area contributed by atoms with Gasteiger partial charge in [-0.05, 0) is 55.8 Å². The molecule has 3 aromatic heterocycles. The van der Waals surface area contributed by atoms with Crippen LogP contribution < -0.4 is 9.80 Å². The quantitative estimate of drug-likeness (QED) is 0.348. The minimum atomic E-state index is 0.669. The Morgan fingerprint density at radius 3 is 2.50 bits per heavy atom. The first-order chi connectivity index (χ1) is 14.7. The first-order valence-corrected chi connectivity index (χ1v) is 9.94. The summed E-state index contributed by atoms with van der Waals surface area (Å²) in [5, 5.41) is 2.09. The standard InChI is InChI=1S/C25H19N4O/c1-16-10-12-19-20-13-11-17(2)27-25(20)30-23(19)22(16)29-15-28(18-7-4-3-5-8-18)24-21(29)9-6-14-26-24/h3-15H,1-2H3. The molecule has 5 nitrogen and oxygen atoms in total. The summed E-state index contributed by atoms with van der Waals surface area (Å²) in [6, 6.07) is 22.7. The molecule has 0 N–H and O–H groups in total. The number of hydrogen-bond acceptors (Lipinski definition) is 5. The fourth-order valence-electron chi connectivity index (χ4n) is 4.15. The van der Waals surface area contributed by atoms with Gasteiger partial charge in [0, 0.05) is 28.4 Å². The van der Waals surface area contributed by atoms with E-state index in [1.807, 2.05) is 43.5 Å². The van der Waals surface area contributed by atoms with Gasteiger partial charge in [-0.15, -0.1) is 0 Å². The molecule has 2 aromatic carbocycles. The zero-order chi connectivity index (χ0) is 20.2. The molecule has 0 saturated carbocycles. The van der Waals surface area contributed by atoms with Crippen molar-refractivity contribution in [2.24, 2.45) is 0 Å². The number of furan rings is 1. The van der Waals surface area contributed by atoms with Crippen LogP contribution in [0, 0.1) is 20.5 Å². The number of aryl methyl sites for hydroxylation is 2. The zero-order valence-electron chi connectivity index (χ0n) is 16.7. The summed E-state index contributed by atoms with van der Waals surface area (Å²) < 4.78 is 6.30. The number of fused-ring (bicyclic) bond motifs is 4. The molecule has 1 radical (unpaired) electrons. The minimum absolute atomic E-state index is 0.669. The van der Waals surface area contributed by atoms with Crippen molar-refractivity contribution in [3.05, 3.63) is 90.9 Å². The van der Waals surface area contributed by atoms with E-state index in [-0.39, 0.29) is 0 Å². The number of benzene rings is 2. The lowest BCUT2D eigenvalue weighted by atomic mass is 10.1. The number of hydrogen-bond donors (Lipinski definition) is 0. The summed E-state index contributed by atoms with van der Waals surface area (Å²) in [4.78, 5) is 13.5. The molecule has 0 aliphatic carbocycles. The van der Waals surface area contributed by atoms with E-state index >= 15 is 0 Å². The van der Waals surface area contributed by atoms with E-state index < -0.39 is 0 Å². The van der Waals surface area contributed by atoms with Crippen molar-refractivity contribution in [3.63, 3.8) is 0 Å². The Balaban J connectivity index is 1.59. The number of rotatable bonds is 2. The summed E-state index contributed by atoms with van der Waals surface area (Å²) in [5.41, 5.74) is 6.66. The Hall–Kier alpha value is -3.86. The zero-order valence-corrected chi connectivity index (χ0v) is 16.7. The predicted octanol–water partition coefficient (Wildman–Crippen LogP) is 6.40. The second kappa shape index (κ2) is 6.32. The molecule has 145 valence electrons. The van der Waals surface area contributed by atoms with Crippen LogP contribution in [0.3, 0.4) is 0 Å². The van der Waals surface area contributed by atoms with E-state index in [0.717, 1.165) is 50.5 Å². The highest BCUT2D eigenvalue weighted by Gasteiger charge is 2.32. The molecule has 0 atom stereocenters. The Morgan fingerprint density at radius 2 is 1.63 bits per heavy atom. The molecule has 5 aromatic rings. The lowest BCUT2D eigenvalue weighted by Gasteiger charge is -2.22. The average molecular weight is 391 g/mol. The second-order valence-corrected chi connectivity index (χ2v) is 7.55. The van der Waals surface area contributed by atoms with Crippen LogP contribution in [0.15, 0.2) is 77.3 Å². The highest BCUT2D eigenvalue weighted by molar-refractivity contribution is 6.10. The van der Waals surface area contributed by atoms with E-state index in [0.29, 0.717) is 5.71 Å². The molecule has 1 aliphatic heterocycles. The van der Waals surface area contributed by atoms with Gasteiger partial charge >= 0.3 is 0 Å². The Kier molecular flexibility index (Phi) is 3.59. The van der Waals surface area contributed by atoms with Crippen LogP contribution in [0.4, 0.5) is 22.9 Å². The van der Waals surface area contributed by atoms with Gasteiger partial charge in [0.1, 0.15) is 0 Å². The van der Waals surface area contributed by atoms with Crippen molar-refractivity contribution in [1.82, 2.24) is 9.97 Å². The van der Waals surface area contributed by atoms with E-state index in [1.54, 1.807) is 0 Å². The fraction of sp³-hybridized carbons (Fsp3) is 0.0800. The smallest absolute Gasteiger partial charge is 0.227 e. The Bertz CT molecular complexity index is 1410. The molecule has 0 spiro atoms. The number of para-hydroxylation sites is 1. The maximum Gasteiger partial charge on any atom is 0.227 e. The van der Waals surface area contributed by atoms with Crippen LogP contribution >= 0.6 is 0 Å². The third-order valence-electron chi connectivity index (χ3n) is 5.58. The number of aromatic nitrogens is 2. The van der Waals surface area contributed by atoms with Crippen molar-refractivity contribution < 1.29 is 4.42 Å². The molecular formula is C25H19N4O. The van der Waals surface area contributed by atoms with E-state index in [9.17, 15) is 0 Å². The van der Waals surface area contributed by atoms with E-state index in [1.165, 1.54) is 0 Å². The maximum atomic E-state index is 6.30. The van der Waals surface area contributed by atoms with Gasteiger partial charge in [0.25, 0.3) is 0 Å². The van der Waals surface area contributed by atoms with Crippen molar-refractivity contribution in [3.8, 4) is 0 Å². The number of pyridine rings is 2. The summed E-state index contributed by atoms with van der Waals surface area (Å²) in [6.07, 6.45) is 1.83. The second-order valence-electron chi connectivity index (χ2n) is 7.55. The SMILES string of the molecule is Cc1ccc2c(n1)oc1c(N3[CH]N(c4ccccc4)c4ncccc43)c(C)ccc12. The minimum Gasteiger partial charge on any atom is -0.435 e. The Labute approximate surface area is 174 Å². The molecule has 0 fully saturated rings. The summed E-state index contributed by atoms with van der Waals surface area (Å²) in [5.74, 6) is 0.894. The van der Waals surface area contributed by atoms with Crippen molar-refractivity contribution in [2.45, 2.75) is 13.8 Å². The van der Waals surface area contributed by atoms with E-state index in [2.05, 4.69) is 69.8 Å². The first-order valence-electron chi connectivity index (χ1n) is 9.94. The van der Waals surface area contributed by atoms with Crippen molar-refractivity contribution >= 4 is 44.9 Å². The van der Waals surface area contributed by atoms with E-state index in [4.69, 9.17) is 4.42 Å². The van der Waals surface area contributed by atoms with Crippen LogP contribution in [0.25, 0.3) is 22.1 Å². The summed E-state index contributed by atoms with van der Waals surface area (Å²) >= 11 is 0. The molecule has 0 unspecified atom stereocenters. The predicted molar refractivity (Wildman–Crippen MR) is 120 cm³/mol. The van der Waals surface area contributed by atoms with Gasteiger partial charge in [0.15, 0.2) is 18.1 Å². The van der Waals surface area contributed by atoms with Crippen LogP contribution in [0.1, 0.15) is 11.3 Å². The third kappa shape index (κ3) is 2.42. The molecule has 0 bridgehead atoms. The molecular weight excluding hydrogens is 372 g/mol. The highest BCUT2D eigenvalue weighted by Crippen LogP contribution is 2.48. The lowest BCUT2D eigenvalue weighted by Crippen LogP contribution is -2.18. The highest BCUT2D eigenvalue weighted by atomic mass is 16.3. The summed E-state index contributed by atoms with van der Waals surface area (Å²) in [6.45, 7) is 6.17. The number of nitrogens with zero attached hydrogens (tertiary/aromatic N) is 4. The molecule has 5 heteroatoms. The number of anilines is 4. The van der Waals surface area contributed by atoms with Crippen LogP contribution in [-0.4, -0.2) is 9.97 Å². The van der Waals surface area contributed by atoms with Gasteiger partial charge in [-0.2, -0.15) is 0 Å². The van der Waals surface area contributed by atoms with Crippen molar-refractivity contribution in [2.75, 3.05) is 9.80 Å². The van der Waals surface area contributed by atoms with Crippen LogP contribution in [0.5, 0.6) is 0 Å². The molecule has 6 rings (SSSR count). The topological polar surface area (TPSA) is 45.4 Å². The van der Waals surface area contributed by atoms with Gasteiger partial charge in [-0.3, -0.25) is 4.90 Å². The third-order valence-corrected chi connectivity index (χ3v) is 5.58. The molecule has 0 saturated heterocycles. The lowest BCUT2D eigenvalue weighted by molar-refractivity contribution is 0.652. The average Bonchev–Trinajstić information content (AvgIpc) is 3.32. The maximum absolute atomic E-state index is 6.30. The molecule has 1 aliphatic rings. The normalized spacial score (nSPS) is 13.4. The van der Waals surface area contributed by atoms with Gasteiger partial charge in [-0.25, -0.2) is 9.97 Å². The van der Waals surface area contributed by atoms with Gasteiger partial charge < -0.3 is 9.32 Å². The van der Waals surface area contributed by atoms with Crippen molar-refractivity contribution in [1.29, 1.82) is 0 Å². The Morgan fingerprint density at radius 1 is 0.800 bits per heavy atom. The van der Waals surface area contributed by atoms with Gasteiger partial charge in [-0.1, -0.05) is 30.3 Å².